The minimum Gasteiger partial charge on any atom is -0.339 e. The number of nitrogens with zero attached hydrogens (tertiary/aromatic N) is 1. The Morgan fingerprint density at radius 3 is 2.33 bits per heavy atom. The fourth-order valence-corrected chi connectivity index (χ4v) is 3.31. The molecule has 21 heavy (non-hydrogen) atoms. The predicted octanol–water partition coefficient (Wildman–Crippen LogP) is 4.46. The van der Waals surface area contributed by atoms with Gasteiger partial charge >= 0.3 is 0 Å². The van der Waals surface area contributed by atoms with Gasteiger partial charge in [0.1, 0.15) is 0 Å². The van der Waals surface area contributed by atoms with E-state index >= 15 is 0 Å². The number of likely N-dealkylation sites (tertiary alicyclic amines) is 1. The van der Waals surface area contributed by atoms with Gasteiger partial charge in [0.2, 0.25) is 0 Å². The van der Waals surface area contributed by atoms with Crippen molar-refractivity contribution in [3.8, 4) is 0 Å². The van der Waals surface area contributed by atoms with Crippen LogP contribution in [0.25, 0.3) is 0 Å². The summed E-state index contributed by atoms with van der Waals surface area (Å²) < 4.78 is 0. The number of piperidine rings is 1. The van der Waals surface area contributed by atoms with Crippen LogP contribution in [0.4, 0.5) is 0 Å². The molecule has 1 atom stereocenters. The molecule has 1 aliphatic rings. The maximum Gasteiger partial charge on any atom is 0.254 e. The van der Waals surface area contributed by atoms with Crippen molar-refractivity contribution in [1.29, 1.82) is 0 Å². The molecule has 2 nitrogen and oxygen atoms in total. The normalized spacial score (nSPS) is 18.6. The highest BCUT2D eigenvalue weighted by Gasteiger charge is 2.28. The van der Waals surface area contributed by atoms with E-state index in [1.807, 2.05) is 23.1 Å². The molecule has 1 saturated heterocycles. The predicted molar refractivity (Wildman–Crippen MR) is 89.1 cm³/mol. The fourth-order valence-electron chi connectivity index (χ4n) is 3.06. The number of carbonyl (C=O) groups is 1. The molecule has 2 rings (SSSR count). The molecule has 0 spiro atoms. The van der Waals surface area contributed by atoms with Crippen molar-refractivity contribution in [3.63, 3.8) is 0 Å². The van der Waals surface area contributed by atoms with Crippen LogP contribution in [0.2, 0.25) is 0 Å². The average Bonchev–Trinajstić information content (AvgIpc) is 2.45. The van der Waals surface area contributed by atoms with Crippen LogP contribution >= 0.6 is 11.6 Å². The Morgan fingerprint density at radius 2 is 1.81 bits per heavy atom. The van der Waals surface area contributed by atoms with Crippen LogP contribution in [-0.2, 0) is 5.41 Å². The van der Waals surface area contributed by atoms with Gasteiger partial charge in [0, 0.05) is 24.0 Å². The lowest BCUT2D eigenvalue weighted by molar-refractivity contribution is 0.0687. The van der Waals surface area contributed by atoms with E-state index in [-0.39, 0.29) is 16.7 Å². The minimum atomic E-state index is -0.0186. The van der Waals surface area contributed by atoms with Gasteiger partial charge in [-0.2, -0.15) is 0 Å². The smallest absolute Gasteiger partial charge is 0.254 e. The van der Waals surface area contributed by atoms with Gasteiger partial charge in [-0.15, -0.1) is 11.6 Å². The quantitative estimate of drug-likeness (QED) is 0.739. The second-order valence-corrected chi connectivity index (χ2v) is 7.79. The number of rotatable bonds is 2. The monoisotopic (exact) mass is 307 g/mol. The Balaban J connectivity index is 2.15. The molecule has 1 unspecified atom stereocenters. The van der Waals surface area contributed by atoms with Crippen molar-refractivity contribution in [3.05, 3.63) is 35.4 Å². The Morgan fingerprint density at radius 1 is 1.24 bits per heavy atom. The van der Waals surface area contributed by atoms with Crippen molar-refractivity contribution in [1.82, 2.24) is 4.90 Å². The van der Waals surface area contributed by atoms with E-state index in [0.717, 1.165) is 37.1 Å². The summed E-state index contributed by atoms with van der Waals surface area (Å²) in [7, 11) is 0. The topological polar surface area (TPSA) is 20.3 Å². The lowest BCUT2D eigenvalue weighted by atomic mass is 9.83. The maximum atomic E-state index is 12.8. The molecular formula is C18H26ClNO. The number of hydrogen-bond acceptors (Lipinski definition) is 1. The van der Waals surface area contributed by atoms with Crippen molar-refractivity contribution in [2.45, 2.75) is 51.3 Å². The summed E-state index contributed by atoms with van der Waals surface area (Å²) in [5, 5.41) is 0.198. The molecule has 1 aromatic rings. The molecule has 0 aromatic heterocycles. The average molecular weight is 308 g/mol. The molecule has 0 aliphatic carbocycles. The van der Waals surface area contributed by atoms with E-state index in [2.05, 4.69) is 33.8 Å². The Labute approximate surface area is 133 Å². The highest BCUT2D eigenvalue weighted by molar-refractivity contribution is 6.20. The van der Waals surface area contributed by atoms with E-state index in [4.69, 9.17) is 11.6 Å². The Bertz CT molecular complexity index is 496. The summed E-state index contributed by atoms with van der Waals surface area (Å²) in [5.41, 5.74) is 1.96. The highest BCUT2D eigenvalue weighted by Crippen LogP contribution is 2.29. The van der Waals surface area contributed by atoms with Crippen molar-refractivity contribution < 1.29 is 4.79 Å². The van der Waals surface area contributed by atoms with Gasteiger partial charge in [-0.3, -0.25) is 4.79 Å². The lowest BCUT2D eigenvalue weighted by Gasteiger charge is -2.34. The van der Waals surface area contributed by atoms with Crippen LogP contribution in [0.15, 0.2) is 24.3 Å². The number of benzene rings is 1. The van der Waals surface area contributed by atoms with Crippen molar-refractivity contribution in [2.75, 3.05) is 13.1 Å². The second-order valence-electron chi connectivity index (χ2n) is 7.10. The van der Waals surface area contributed by atoms with Gasteiger partial charge in [-0.05, 0) is 42.7 Å². The number of amides is 1. The molecular weight excluding hydrogens is 282 g/mol. The highest BCUT2D eigenvalue weighted by atomic mass is 35.5. The molecule has 0 N–H and O–H groups in total. The van der Waals surface area contributed by atoms with E-state index < -0.39 is 0 Å². The van der Waals surface area contributed by atoms with E-state index in [1.54, 1.807) is 0 Å². The number of alkyl halides is 1. The molecule has 1 aliphatic heterocycles. The SMILES string of the molecule is CC(Cl)C1CCN(C(=O)c2ccccc2C(C)(C)C)CC1. The van der Waals surface area contributed by atoms with Gasteiger partial charge in [0.05, 0.1) is 0 Å². The number of hydrogen-bond donors (Lipinski definition) is 0. The van der Waals surface area contributed by atoms with Crippen LogP contribution in [0.1, 0.15) is 56.5 Å². The van der Waals surface area contributed by atoms with E-state index in [0.29, 0.717) is 5.92 Å². The largest absolute Gasteiger partial charge is 0.339 e. The molecule has 1 heterocycles. The molecule has 0 saturated carbocycles. The molecule has 0 bridgehead atoms. The zero-order chi connectivity index (χ0) is 15.6. The summed E-state index contributed by atoms with van der Waals surface area (Å²) >= 11 is 6.18. The first-order valence-electron chi connectivity index (χ1n) is 7.83. The second kappa shape index (κ2) is 6.39. The van der Waals surface area contributed by atoms with Gasteiger partial charge < -0.3 is 4.90 Å². The summed E-state index contributed by atoms with van der Waals surface area (Å²) in [5.74, 6) is 0.703. The first-order valence-corrected chi connectivity index (χ1v) is 8.27. The maximum absolute atomic E-state index is 12.8. The van der Waals surface area contributed by atoms with Gasteiger partial charge in [0.25, 0.3) is 5.91 Å². The summed E-state index contributed by atoms with van der Waals surface area (Å²) in [6, 6.07) is 7.99. The minimum absolute atomic E-state index is 0.0186. The fraction of sp³-hybridized carbons (Fsp3) is 0.611. The number of carbonyl (C=O) groups excluding carboxylic acids is 1. The summed E-state index contributed by atoms with van der Waals surface area (Å²) in [6.45, 7) is 10.2. The van der Waals surface area contributed by atoms with E-state index in [9.17, 15) is 4.79 Å². The van der Waals surface area contributed by atoms with Crippen LogP contribution in [0.3, 0.4) is 0 Å². The Kier molecular flexibility index (Phi) is 4.98. The third-order valence-corrected chi connectivity index (χ3v) is 4.80. The van der Waals surface area contributed by atoms with Crippen LogP contribution < -0.4 is 0 Å². The van der Waals surface area contributed by atoms with Crippen molar-refractivity contribution >= 4 is 17.5 Å². The number of halogens is 1. The molecule has 1 amide bonds. The zero-order valence-corrected chi connectivity index (χ0v) is 14.3. The van der Waals surface area contributed by atoms with Gasteiger partial charge in [-0.1, -0.05) is 39.0 Å². The lowest BCUT2D eigenvalue weighted by Crippen LogP contribution is -2.40. The molecule has 1 fully saturated rings. The van der Waals surface area contributed by atoms with E-state index in [1.165, 1.54) is 0 Å². The van der Waals surface area contributed by atoms with Gasteiger partial charge in [0.15, 0.2) is 0 Å². The molecule has 0 radical (unpaired) electrons. The third kappa shape index (κ3) is 3.79. The molecule has 1 aromatic carbocycles. The first-order chi connectivity index (χ1) is 9.80. The molecule has 3 heteroatoms. The Hall–Kier alpha value is -1.02. The first kappa shape index (κ1) is 16.4. The standard InChI is InChI=1S/C18H26ClNO/c1-13(19)14-9-11-20(12-10-14)17(21)15-7-5-6-8-16(15)18(2,3)4/h5-8,13-14H,9-12H2,1-4H3. The zero-order valence-electron chi connectivity index (χ0n) is 13.5. The van der Waals surface area contributed by atoms with Crippen molar-refractivity contribution in [2.24, 2.45) is 5.92 Å². The summed E-state index contributed by atoms with van der Waals surface area (Å²) in [4.78, 5) is 14.8. The van der Waals surface area contributed by atoms with Crippen LogP contribution in [-0.4, -0.2) is 29.3 Å². The summed E-state index contributed by atoms with van der Waals surface area (Å²) in [6.07, 6.45) is 2.02. The van der Waals surface area contributed by atoms with Gasteiger partial charge in [-0.25, -0.2) is 0 Å². The van der Waals surface area contributed by atoms with Crippen LogP contribution in [0, 0.1) is 5.92 Å². The van der Waals surface area contributed by atoms with Crippen LogP contribution in [0.5, 0.6) is 0 Å². The third-order valence-electron chi connectivity index (χ3n) is 4.44. The molecule has 116 valence electrons.